The maximum absolute atomic E-state index is 9.98. The van der Waals surface area contributed by atoms with Crippen LogP contribution < -0.4 is 9.47 Å². The minimum atomic E-state index is -0.538. The summed E-state index contributed by atoms with van der Waals surface area (Å²) in [4.78, 5) is 0. The third kappa shape index (κ3) is 2.89. The average molecular weight is 289 g/mol. The molecule has 0 bridgehead atoms. The maximum Gasteiger partial charge on any atom is 0.125 e. The lowest BCUT2D eigenvalue weighted by atomic mass is 10.0. The topological polar surface area (TPSA) is 38.7 Å². The van der Waals surface area contributed by atoms with Gasteiger partial charge < -0.3 is 14.6 Å². The molecule has 3 nitrogen and oxygen atoms in total. The Hall–Kier alpha value is -0.740. The van der Waals surface area contributed by atoms with Gasteiger partial charge in [-0.2, -0.15) is 0 Å². The molecule has 0 saturated carbocycles. The van der Waals surface area contributed by atoms with Gasteiger partial charge in [0.15, 0.2) is 0 Å². The monoisotopic (exact) mass is 288 g/mol. The normalized spacial score (nSPS) is 12.3. The minimum absolute atomic E-state index is 0.538. The number of ether oxygens (including phenoxy) is 2. The molecule has 1 aromatic carbocycles. The van der Waals surface area contributed by atoms with Gasteiger partial charge in [-0.25, -0.2) is 0 Å². The molecule has 4 heteroatoms. The molecule has 0 unspecified atom stereocenters. The zero-order valence-corrected chi connectivity index (χ0v) is 11.4. The number of rotatable bonds is 5. The molecule has 1 aromatic rings. The Morgan fingerprint density at radius 1 is 1.25 bits per heavy atom. The van der Waals surface area contributed by atoms with Crippen molar-refractivity contribution in [2.75, 3.05) is 19.5 Å². The van der Waals surface area contributed by atoms with Gasteiger partial charge in [0.25, 0.3) is 0 Å². The molecule has 0 spiro atoms. The fourth-order valence-electron chi connectivity index (χ4n) is 1.59. The third-order valence-corrected chi connectivity index (χ3v) is 2.95. The van der Waals surface area contributed by atoms with Crippen molar-refractivity contribution in [1.29, 1.82) is 0 Å². The molecule has 1 N–H and O–H groups in total. The van der Waals surface area contributed by atoms with Crippen LogP contribution in [0.5, 0.6) is 11.5 Å². The minimum Gasteiger partial charge on any atom is -0.496 e. The summed E-state index contributed by atoms with van der Waals surface area (Å²) in [5.41, 5.74) is 1.76. The lowest BCUT2D eigenvalue weighted by Gasteiger charge is -2.16. The largest absolute Gasteiger partial charge is 0.496 e. The first-order chi connectivity index (χ1) is 7.63. The van der Waals surface area contributed by atoms with E-state index in [1.807, 2.05) is 19.1 Å². The number of aryl methyl sites for hydroxylation is 1. The summed E-state index contributed by atoms with van der Waals surface area (Å²) in [6.45, 7) is 1.95. The van der Waals surface area contributed by atoms with Crippen LogP contribution in [0.3, 0.4) is 0 Å². The molecule has 0 saturated heterocycles. The van der Waals surface area contributed by atoms with Gasteiger partial charge >= 0.3 is 0 Å². The Bertz CT molecular complexity index is 352. The average Bonchev–Trinajstić information content (AvgIpc) is 2.28. The molecule has 0 fully saturated rings. The molecule has 90 valence electrons. The fourth-order valence-corrected chi connectivity index (χ4v) is 2.03. The van der Waals surface area contributed by atoms with E-state index in [-0.39, 0.29) is 0 Å². The van der Waals surface area contributed by atoms with Crippen molar-refractivity contribution in [3.63, 3.8) is 0 Å². The summed E-state index contributed by atoms with van der Waals surface area (Å²) in [5.74, 6) is 1.47. The highest BCUT2D eigenvalue weighted by molar-refractivity contribution is 9.09. The van der Waals surface area contributed by atoms with E-state index in [9.17, 15) is 5.11 Å². The summed E-state index contributed by atoms with van der Waals surface area (Å²) in [6.07, 6.45) is 0.103. The molecule has 0 heterocycles. The second-order valence-corrected chi connectivity index (χ2v) is 4.35. The molecule has 0 radical (unpaired) electrons. The highest BCUT2D eigenvalue weighted by Crippen LogP contribution is 2.33. The van der Waals surface area contributed by atoms with E-state index in [0.29, 0.717) is 12.2 Å². The fraction of sp³-hybridized carbons (Fsp3) is 0.500. The van der Waals surface area contributed by atoms with E-state index >= 15 is 0 Å². The van der Waals surface area contributed by atoms with Crippen molar-refractivity contribution in [2.24, 2.45) is 0 Å². The molecule has 1 atom stereocenters. The van der Waals surface area contributed by atoms with Crippen LogP contribution in [-0.4, -0.2) is 24.7 Å². The van der Waals surface area contributed by atoms with Crippen LogP contribution in [0.25, 0.3) is 0 Å². The van der Waals surface area contributed by atoms with Crippen molar-refractivity contribution in [3.05, 3.63) is 23.3 Å². The van der Waals surface area contributed by atoms with Crippen LogP contribution in [0.2, 0.25) is 0 Å². The number of alkyl halides is 1. The Kier molecular flexibility index (Phi) is 5.09. The zero-order valence-electron chi connectivity index (χ0n) is 9.79. The number of halogens is 1. The smallest absolute Gasteiger partial charge is 0.125 e. The lowest BCUT2D eigenvalue weighted by Crippen LogP contribution is -2.03. The molecule has 0 aliphatic rings. The van der Waals surface area contributed by atoms with Gasteiger partial charge in [0, 0.05) is 10.9 Å². The Labute approximate surface area is 105 Å². The van der Waals surface area contributed by atoms with Gasteiger partial charge in [-0.15, -0.1) is 0 Å². The van der Waals surface area contributed by atoms with Crippen molar-refractivity contribution in [1.82, 2.24) is 0 Å². The third-order valence-electron chi connectivity index (χ3n) is 2.49. The number of hydrogen-bond acceptors (Lipinski definition) is 3. The van der Waals surface area contributed by atoms with Gasteiger partial charge in [0.1, 0.15) is 11.5 Å². The molecule has 1 rings (SSSR count). The van der Waals surface area contributed by atoms with Gasteiger partial charge in [-0.05, 0) is 31.0 Å². The highest BCUT2D eigenvalue weighted by atomic mass is 79.9. The number of benzene rings is 1. The van der Waals surface area contributed by atoms with Crippen LogP contribution in [0.4, 0.5) is 0 Å². The van der Waals surface area contributed by atoms with Crippen molar-refractivity contribution in [3.8, 4) is 11.5 Å². The second kappa shape index (κ2) is 6.11. The Morgan fingerprint density at radius 2 is 1.88 bits per heavy atom. The predicted molar refractivity (Wildman–Crippen MR) is 67.7 cm³/mol. The van der Waals surface area contributed by atoms with Gasteiger partial charge in [0.05, 0.1) is 20.3 Å². The summed E-state index contributed by atoms with van der Waals surface area (Å²) in [6, 6.07) is 3.72. The van der Waals surface area contributed by atoms with Gasteiger partial charge in [-0.1, -0.05) is 15.9 Å². The number of methoxy groups -OCH3 is 2. The summed E-state index contributed by atoms with van der Waals surface area (Å²) >= 11 is 3.31. The van der Waals surface area contributed by atoms with E-state index in [4.69, 9.17) is 9.47 Å². The van der Waals surface area contributed by atoms with E-state index in [1.165, 1.54) is 0 Å². The van der Waals surface area contributed by atoms with Crippen molar-refractivity contribution < 1.29 is 14.6 Å². The Balaban J connectivity index is 3.13. The second-order valence-electron chi connectivity index (χ2n) is 3.56. The lowest BCUT2D eigenvalue weighted by molar-refractivity contribution is 0.170. The first-order valence-corrected chi connectivity index (χ1v) is 6.22. The highest BCUT2D eigenvalue weighted by Gasteiger charge is 2.15. The van der Waals surface area contributed by atoms with Gasteiger partial charge in [0.2, 0.25) is 0 Å². The van der Waals surface area contributed by atoms with Crippen LogP contribution in [0.1, 0.15) is 23.7 Å². The molecule has 0 amide bonds. The van der Waals surface area contributed by atoms with E-state index < -0.39 is 6.10 Å². The van der Waals surface area contributed by atoms with Crippen LogP contribution in [0.15, 0.2) is 12.1 Å². The number of hydrogen-bond donors (Lipinski definition) is 1. The van der Waals surface area contributed by atoms with Gasteiger partial charge in [-0.3, -0.25) is 0 Å². The number of aliphatic hydroxyl groups excluding tert-OH is 1. The summed E-state index contributed by atoms with van der Waals surface area (Å²) in [5, 5.41) is 10.7. The quantitative estimate of drug-likeness (QED) is 0.847. The van der Waals surface area contributed by atoms with Crippen LogP contribution in [0, 0.1) is 6.92 Å². The molecule has 0 aliphatic heterocycles. The Morgan fingerprint density at radius 3 is 2.38 bits per heavy atom. The van der Waals surface area contributed by atoms with Crippen molar-refractivity contribution >= 4 is 15.9 Å². The molecule has 0 aromatic heterocycles. The van der Waals surface area contributed by atoms with Crippen LogP contribution in [-0.2, 0) is 0 Å². The number of aliphatic hydroxyl groups is 1. The molecule has 16 heavy (non-hydrogen) atoms. The molecule has 0 aliphatic carbocycles. The summed E-state index contributed by atoms with van der Waals surface area (Å²) < 4.78 is 10.5. The van der Waals surface area contributed by atoms with Crippen LogP contribution >= 0.6 is 15.9 Å². The SMILES string of the molecule is COc1cc([C@@H](O)CCBr)c(OC)cc1C. The standard InChI is InChI=1S/C12H17BrO3/c1-8-6-12(16-3)9(7-11(8)15-2)10(14)4-5-13/h6-7,10,14H,4-5H2,1-3H3/t10-/m0/s1. The molecular weight excluding hydrogens is 272 g/mol. The first-order valence-electron chi connectivity index (χ1n) is 5.10. The van der Waals surface area contributed by atoms with Crippen molar-refractivity contribution in [2.45, 2.75) is 19.4 Å². The summed E-state index contributed by atoms with van der Waals surface area (Å²) in [7, 11) is 3.22. The zero-order chi connectivity index (χ0) is 12.1. The maximum atomic E-state index is 9.98. The first kappa shape index (κ1) is 13.3. The molecular formula is C12H17BrO3. The van der Waals surface area contributed by atoms with E-state index in [0.717, 1.165) is 22.2 Å². The predicted octanol–water partition coefficient (Wildman–Crippen LogP) is 2.83. The van der Waals surface area contributed by atoms with E-state index in [2.05, 4.69) is 15.9 Å². The van der Waals surface area contributed by atoms with E-state index in [1.54, 1.807) is 14.2 Å².